The highest BCUT2D eigenvalue weighted by molar-refractivity contribution is 6.16. The van der Waals surface area contributed by atoms with E-state index >= 15 is 0 Å². The molecular weight excluding hydrogens is 489 g/mol. The zero-order valence-electron chi connectivity index (χ0n) is 20.5. The minimum absolute atomic E-state index is 0.127. The first kappa shape index (κ1) is 24.1. The van der Waals surface area contributed by atoms with E-state index in [1.54, 1.807) is 25.1 Å². The van der Waals surface area contributed by atoms with Crippen molar-refractivity contribution in [2.75, 3.05) is 5.32 Å². The molecule has 0 spiro atoms. The van der Waals surface area contributed by atoms with Crippen molar-refractivity contribution in [1.29, 1.82) is 0 Å². The van der Waals surface area contributed by atoms with Crippen LogP contribution < -0.4 is 5.32 Å². The van der Waals surface area contributed by atoms with Crippen LogP contribution in [0.25, 0.3) is 43.6 Å². The average Bonchev–Trinajstić information content (AvgIpc) is 2.91. The van der Waals surface area contributed by atoms with E-state index in [1.165, 1.54) is 0 Å². The second-order valence-corrected chi connectivity index (χ2v) is 9.78. The molecule has 4 nitrogen and oxygen atoms in total. The smallest absolute Gasteiger partial charge is 0.302 e. The number of nitrogens with zero attached hydrogens (tertiary/aromatic N) is 1. The highest BCUT2D eigenvalue weighted by Gasteiger charge is 2.39. The van der Waals surface area contributed by atoms with Crippen LogP contribution in [-0.2, 0) is 16.0 Å². The van der Waals surface area contributed by atoms with Crippen LogP contribution in [0, 0.1) is 0 Å². The van der Waals surface area contributed by atoms with Crippen LogP contribution in [0.5, 0.6) is 0 Å². The number of pyridine rings is 1. The second kappa shape index (κ2) is 8.94. The van der Waals surface area contributed by atoms with Crippen LogP contribution in [-0.4, -0.2) is 22.9 Å². The maximum atomic E-state index is 13.3. The summed E-state index contributed by atoms with van der Waals surface area (Å²) < 4.78 is 39.8. The number of aryl methyl sites for hydroxylation is 1. The Hall–Kier alpha value is -4.26. The largest absolute Gasteiger partial charge is 0.471 e. The topological polar surface area (TPSA) is 59.1 Å². The number of ketones is 1. The Morgan fingerprint density at radius 1 is 0.868 bits per heavy atom. The van der Waals surface area contributed by atoms with Gasteiger partial charge < -0.3 is 5.32 Å². The third kappa shape index (κ3) is 3.99. The molecule has 1 heterocycles. The Morgan fingerprint density at radius 2 is 1.58 bits per heavy atom. The number of aromatic nitrogens is 1. The van der Waals surface area contributed by atoms with Gasteiger partial charge in [-0.25, -0.2) is 4.98 Å². The summed E-state index contributed by atoms with van der Waals surface area (Å²) in [4.78, 5) is 28.9. The van der Waals surface area contributed by atoms with Crippen molar-refractivity contribution >= 4 is 50.0 Å². The quantitative estimate of drug-likeness (QED) is 0.252. The van der Waals surface area contributed by atoms with Crippen LogP contribution in [0.2, 0.25) is 0 Å². The molecule has 0 bridgehead atoms. The molecule has 0 radical (unpaired) electrons. The SMILES string of the molecule is CC(=O)C1CCCc2c1ccc1c2cc(-c2cc3ccccc3nc2NC(=O)C(F)(F)F)c2ccccc21. The second-order valence-electron chi connectivity index (χ2n) is 9.78. The number of amides is 1. The zero-order chi connectivity index (χ0) is 26.6. The molecule has 38 heavy (non-hydrogen) atoms. The first-order valence-corrected chi connectivity index (χ1v) is 12.5. The van der Waals surface area contributed by atoms with E-state index in [0.29, 0.717) is 16.6 Å². The van der Waals surface area contributed by atoms with Crippen molar-refractivity contribution in [1.82, 2.24) is 4.98 Å². The van der Waals surface area contributed by atoms with E-state index in [0.717, 1.165) is 57.3 Å². The van der Waals surface area contributed by atoms with Crippen LogP contribution >= 0.6 is 0 Å². The molecule has 5 aromatic rings. The van der Waals surface area contributed by atoms with Crippen LogP contribution in [0.15, 0.2) is 72.8 Å². The fourth-order valence-electron chi connectivity index (χ4n) is 5.74. The van der Waals surface area contributed by atoms with Gasteiger partial charge >= 0.3 is 12.1 Å². The summed E-state index contributed by atoms with van der Waals surface area (Å²) in [6, 6.07) is 22.7. The summed E-state index contributed by atoms with van der Waals surface area (Å²) in [5, 5.41) is 6.51. The maximum Gasteiger partial charge on any atom is 0.471 e. The number of alkyl halides is 3. The predicted molar refractivity (Wildman–Crippen MR) is 143 cm³/mol. The van der Waals surface area contributed by atoms with Crippen LogP contribution in [0.4, 0.5) is 19.0 Å². The van der Waals surface area contributed by atoms with Crippen molar-refractivity contribution in [3.63, 3.8) is 0 Å². The number of benzene rings is 4. The summed E-state index contributed by atoms with van der Waals surface area (Å²) in [5.74, 6) is -2.26. The highest BCUT2D eigenvalue weighted by Crippen LogP contribution is 2.43. The first-order chi connectivity index (χ1) is 18.2. The van der Waals surface area contributed by atoms with E-state index in [1.807, 2.05) is 59.9 Å². The summed E-state index contributed by atoms with van der Waals surface area (Å²) in [7, 11) is 0. The normalized spacial score (nSPS) is 15.5. The number of hydrogen-bond acceptors (Lipinski definition) is 3. The molecule has 0 aliphatic heterocycles. The standard InChI is InChI=1S/C31H23F3N2O2/c1-17(37)19-10-6-11-22-23(19)13-14-24-20-8-3-4-9-21(20)26(16-25(22)24)27-15-18-7-2-5-12-28(18)35-29(27)36-30(38)31(32,33)34/h2-5,7-9,12-16,19H,6,10-11H2,1H3,(H,35,36,38). The number of halogens is 3. The first-order valence-electron chi connectivity index (χ1n) is 12.5. The number of nitrogens with one attached hydrogen (secondary N) is 1. The van der Waals surface area contributed by atoms with Gasteiger partial charge in [0.1, 0.15) is 11.6 Å². The van der Waals surface area contributed by atoms with E-state index < -0.39 is 12.1 Å². The molecule has 1 atom stereocenters. The molecule has 0 saturated heterocycles. The minimum Gasteiger partial charge on any atom is -0.302 e. The molecule has 0 fully saturated rings. The Bertz CT molecular complexity index is 1780. The number of para-hydroxylation sites is 1. The summed E-state index contributed by atoms with van der Waals surface area (Å²) in [5.41, 5.74) is 3.65. The molecular formula is C31H23F3N2O2. The van der Waals surface area contributed by atoms with Crippen molar-refractivity contribution < 1.29 is 22.8 Å². The molecule has 7 heteroatoms. The number of anilines is 1. The monoisotopic (exact) mass is 512 g/mol. The molecule has 1 aromatic heterocycles. The Kier molecular flexibility index (Phi) is 5.67. The Balaban J connectivity index is 1.68. The fourth-order valence-corrected chi connectivity index (χ4v) is 5.74. The number of fused-ring (bicyclic) bond motifs is 6. The zero-order valence-corrected chi connectivity index (χ0v) is 20.5. The van der Waals surface area contributed by atoms with Crippen LogP contribution in [0.1, 0.15) is 36.8 Å². The lowest BCUT2D eigenvalue weighted by Gasteiger charge is -2.26. The minimum atomic E-state index is -5.06. The molecule has 6 rings (SSSR count). The molecule has 1 unspecified atom stereocenters. The third-order valence-electron chi connectivity index (χ3n) is 7.48. The van der Waals surface area contributed by atoms with Crippen molar-refractivity contribution in [2.45, 2.75) is 38.3 Å². The molecule has 1 aliphatic carbocycles. The van der Waals surface area contributed by atoms with E-state index in [4.69, 9.17) is 0 Å². The molecule has 4 aromatic carbocycles. The molecule has 1 aliphatic rings. The third-order valence-corrected chi connectivity index (χ3v) is 7.48. The van der Waals surface area contributed by atoms with Gasteiger partial charge in [-0.15, -0.1) is 0 Å². The summed E-state index contributed by atoms with van der Waals surface area (Å²) in [6.45, 7) is 1.62. The summed E-state index contributed by atoms with van der Waals surface area (Å²) >= 11 is 0. The van der Waals surface area contributed by atoms with Gasteiger partial charge in [-0.1, -0.05) is 54.6 Å². The molecule has 0 saturated carbocycles. The van der Waals surface area contributed by atoms with Gasteiger partial charge in [0.15, 0.2) is 0 Å². The van der Waals surface area contributed by atoms with Gasteiger partial charge in [-0.05, 0) is 82.6 Å². The highest BCUT2D eigenvalue weighted by atomic mass is 19.4. The Morgan fingerprint density at radius 3 is 2.34 bits per heavy atom. The number of rotatable bonds is 3. The predicted octanol–water partition coefficient (Wildman–Crippen LogP) is 7.72. The van der Waals surface area contributed by atoms with Crippen molar-refractivity contribution in [2.24, 2.45) is 0 Å². The van der Waals surface area contributed by atoms with E-state index in [-0.39, 0.29) is 17.5 Å². The fraction of sp³-hybridized carbons (Fsp3) is 0.194. The lowest BCUT2D eigenvalue weighted by molar-refractivity contribution is -0.167. The van der Waals surface area contributed by atoms with Gasteiger partial charge in [0.2, 0.25) is 0 Å². The lowest BCUT2D eigenvalue weighted by Crippen LogP contribution is -2.30. The van der Waals surface area contributed by atoms with Crippen LogP contribution in [0.3, 0.4) is 0 Å². The Labute approximate surface area is 216 Å². The maximum absolute atomic E-state index is 13.3. The van der Waals surface area contributed by atoms with Crippen molar-refractivity contribution in [3.05, 3.63) is 83.9 Å². The van der Waals surface area contributed by atoms with Gasteiger partial charge in [0.05, 0.1) is 5.52 Å². The number of Topliss-reactive ketones (excluding diaryl/α,β-unsaturated/α-hetero) is 1. The van der Waals surface area contributed by atoms with E-state index in [9.17, 15) is 22.8 Å². The van der Waals surface area contributed by atoms with Gasteiger partial charge in [-0.3, -0.25) is 9.59 Å². The number of hydrogen-bond donors (Lipinski definition) is 1. The molecule has 190 valence electrons. The van der Waals surface area contributed by atoms with Gasteiger partial charge in [0.25, 0.3) is 0 Å². The van der Waals surface area contributed by atoms with Crippen molar-refractivity contribution in [3.8, 4) is 11.1 Å². The molecule has 1 amide bonds. The summed E-state index contributed by atoms with van der Waals surface area (Å²) in [6.07, 6.45) is -2.57. The van der Waals surface area contributed by atoms with Gasteiger partial charge in [0, 0.05) is 16.9 Å². The molecule has 1 N–H and O–H groups in total. The van der Waals surface area contributed by atoms with E-state index in [2.05, 4.69) is 4.98 Å². The van der Waals surface area contributed by atoms with Gasteiger partial charge in [-0.2, -0.15) is 13.2 Å². The number of carbonyl (C=O) groups excluding carboxylic acids is 2. The average molecular weight is 513 g/mol. The lowest BCUT2D eigenvalue weighted by atomic mass is 9.78. The number of carbonyl (C=O) groups is 2.